The van der Waals surface area contributed by atoms with Crippen molar-refractivity contribution in [2.24, 2.45) is 0 Å². The Bertz CT molecular complexity index is 148. The van der Waals surface area contributed by atoms with Crippen LogP contribution in [0.25, 0.3) is 0 Å². The molecule has 0 aromatic carbocycles. The fourth-order valence-electron chi connectivity index (χ4n) is 0.465. The van der Waals surface area contributed by atoms with Gasteiger partial charge in [0.05, 0.1) is 5.60 Å². The van der Waals surface area contributed by atoms with Gasteiger partial charge in [-0.25, -0.2) is 4.89 Å². The van der Waals surface area contributed by atoms with Crippen molar-refractivity contribution in [1.82, 2.24) is 0 Å². The van der Waals surface area contributed by atoms with E-state index in [9.17, 15) is 4.79 Å². The minimum Gasteiger partial charge on any atom is -0.433 e. The van der Waals surface area contributed by atoms with Gasteiger partial charge in [-0.05, 0) is 20.8 Å². The molecule has 1 atom stereocenters. The third kappa shape index (κ3) is 7.50. The van der Waals surface area contributed by atoms with Gasteiger partial charge in [0.15, 0.2) is 0 Å². The van der Waals surface area contributed by atoms with E-state index < -0.39 is 11.9 Å². The zero-order valence-corrected chi connectivity index (χ0v) is 8.21. The first-order valence-electron chi connectivity index (χ1n) is 3.83. The number of hydrogen-bond acceptors (Lipinski definition) is 4. The van der Waals surface area contributed by atoms with Crippen molar-refractivity contribution in [2.75, 3.05) is 0 Å². The molecule has 72 valence electrons. The summed E-state index contributed by atoms with van der Waals surface area (Å²) in [6.45, 7) is 8.43. The summed E-state index contributed by atoms with van der Waals surface area (Å²) in [7, 11) is 0. The van der Waals surface area contributed by atoms with Crippen LogP contribution in [0, 0.1) is 0 Å². The van der Waals surface area contributed by atoms with Gasteiger partial charge in [0.2, 0.25) is 6.29 Å². The molecule has 0 heterocycles. The van der Waals surface area contributed by atoms with Gasteiger partial charge in [0.25, 0.3) is 0 Å². The lowest BCUT2D eigenvalue weighted by Crippen LogP contribution is -2.25. The topological polar surface area (TPSA) is 44.8 Å². The van der Waals surface area contributed by atoms with E-state index in [0.29, 0.717) is 0 Å². The van der Waals surface area contributed by atoms with Crippen LogP contribution in [0.4, 0.5) is 0 Å². The van der Waals surface area contributed by atoms with Crippen molar-refractivity contribution in [1.29, 1.82) is 0 Å². The Labute approximate surface area is 72.7 Å². The Hall–Kier alpha value is -0.610. The maximum absolute atomic E-state index is 10.4. The van der Waals surface area contributed by atoms with Crippen LogP contribution in [0.3, 0.4) is 0 Å². The number of carbonyl (C=O) groups is 1. The normalized spacial score (nSPS) is 14.1. The molecule has 0 aliphatic carbocycles. The number of ether oxygens (including phenoxy) is 1. The van der Waals surface area contributed by atoms with Crippen LogP contribution in [-0.4, -0.2) is 17.9 Å². The third-order valence-electron chi connectivity index (χ3n) is 0.766. The first kappa shape index (κ1) is 11.4. The van der Waals surface area contributed by atoms with E-state index in [1.54, 1.807) is 6.92 Å². The number of hydrogen-bond donors (Lipinski definition) is 0. The van der Waals surface area contributed by atoms with Crippen molar-refractivity contribution < 1.29 is 19.3 Å². The summed E-state index contributed by atoms with van der Waals surface area (Å²) >= 11 is 0. The molecule has 0 N–H and O–H groups in total. The Morgan fingerprint density at radius 2 is 1.83 bits per heavy atom. The Balaban J connectivity index is 3.57. The lowest BCUT2D eigenvalue weighted by Gasteiger charge is -2.20. The van der Waals surface area contributed by atoms with Crippen molar-refractivity contribution in [2.45, 2.75) is 46.5 Å². The van der Waals surface area contributed by atoms with Gasteiger partial charge in [0.1, 0.15) is 0 Å². The SMILES string of the molecule is CC(=O)O[C@H](C)OOC(C)(C)C. The first-order valence-corrected chi connectivity index (χ1v) is 3.83. The zero-order valence-electron chi connectivity index (χ0n) is 8.21. The quantitative estimate of drug-likeness (QED) is 0.284. The van der Waals surface area contributed by atoms with Gasteiger partial charge in [-0.15, -0.1) is 0 Å². The van der Waals surface area contributed by atoms with E-state index in [4.69, 9.17) is 9.78 Å². The summed E-state index contributed by atoms with van der Waals surface area (Å²) in [6, 6.07) is 0. The number of carbonyl (C=O) groups excluding carboxylic acids is 1. The van der Waals surface area contributed by atoms with Crippen LogP contribution in [0.5, 0.6) is 0 Å². The fourth-order valence-corrected chi connectivity index (χ4v) is 0.465. The van der Waals surface area contributed by atoms with Gasteiger partial charge in [-0.1, -0.05) is 0 Å². The summed E-state index contributed by atoms with van der Waals surface area (Å²) in [6.07, 6.45) is -0.665. The van der Waals surface area contributed by atoms with Crippen molar-refractivity contribution >= 4 is 5.97 Å². The molecule has 0 rings (SSSR count). The van der Waals surface area contributed by atoms with Crippen LogP contribution in [0.1, 0.15) is 34.6 Å². The molecule has 0 fully saturated rings. The van der Waals surface area contributed by atoms with Crippen molar-refractivity contribution in [3.63, 3.8) is 0 Å². The van der Waals surface area contributed by atoms with Gasteiger partial charge >= 0.3 is 5.97 Å². The molecule has 0 aromatic rings. The number of esters is 1. The van der Waals surface area contributed by atoms with Crippen LogP contribution in [0.15, 0.2) is 0 Å². The molecule has 0 saturated heterocycles. The monoisotopic (exact) mass is 176 g/mol. The Morgan fingerprint density at radius 1 is 1.33 bits per heavy atom. The highest BCUT2D eigenvalue weighted by Crippen LogP contribution is 2.09. The second kappa shape index (κ2) is 4.42. The molecule has 0 aliphatic rings. The van der Waals surface area contributed by atoms with Crippen LogP contribution >= 0.6 is 0 Å². The van der Waals surface area contributed by atoms with Crippen LogP contribution < -0.4 is 0 Å². The summed E-state index contributed by atoms with van der Waals surface area (Å²) in [5, 5.41) is 0. The molecular formula is C8H16O4. The minimum atomic E-state index is -0.665. The second-order valence-electron chi connectivity index (χ2n) is 3.47. The van der Waals surface area contributed by atoms with E-state index in [0.717, 1.165) is 0 Å². The highest BCUT2D eigenvalue weighted by molar-refractivity contribution is 5.65. The summed E-state index contributed by atoms with van der Waals surface area (Å²) in [4.78, 5) is 20.1. The molecule has 0 aromatic heterocycles. The van der Waals surface area contributed by atoms with E-state index in [2.05, 4.69) is 4.74 Å². The maximum atomic E-state index is 10.4. The largest absolute Gasteiger partial charge is 0.433 e. The molecule has 4 heteroatoms. The standard InChI is InChI=1S/C8H16O4/c1-6(9)10-7(2)11-12-8(3,4)5/h7H,1-5H3/t7-/m0/s1. The fraction of sp³-hybridized carbons (Fsp3) is 0.875. The van der Waals surface area contributed by atoms with E-state index in [1.807, 2.05) is 20.8 Å². The average Bonchev–Trinajstić information content (AvgIpc) is 1.80. The lowest BCUT2D eigenvalue weighted by molar-refractivity contribution is -0.404. The summed E-state index contributed by atoms with van der Waals surface area (Å²) in [5.74, 6) is -0.389. The molecule has 0 aliphatic heterocycles. The molecule has 12 heavy (non-hydrogen) atoms. The average molecular weight is 176 g/mol. The van der Waals surface area contributed by atoms with Gasteiger partial charge in [0, 0.05) is 13.8 Å². The third-order valence-corrected chi connectivity index (χ3v) is 0.766. The molecule has 0 bridgehead atoms. The smallest absolute Gasteiger partial charge is 0.305 e. The molecule has 4 nitrogen and oxygen atoms in total. The summed E-state index contributed by atoms with van der Waals surface area (Å²) < 4.78 is 4.66. The molecule has 0 spiro atoms. The Kier molecular flexibility index (Phi) is 4.20. The number of rotatable bonds is 3. The van der Waals surface area contributed by atoms with Crippen LogP contribution in [-0.2, 0) is 19.3 Å². The predicted molar refractivity (Wildman–Crippen MR) is 43.2 cm³/mol. The van der Waals surface area contributed by atoms with Crippen molar-refractivity contribution in [3.8, 4) is 0 Å². The van der Waals surface area contributed by atoms with Gasteiger partial charge in [-0.3, -0.25) is 4.79 Å². The van der Waals surface area contributed by atoms with E-state index >= 15 is 0 Å². The van der Waals surface area contributed by atoms with E-state index in [1.165, 1.54) is 6.92 Å². The van der Waals surface area contributed by atoms with E-state index in [-0.39, 0.29) is 5.97 Å². The molecular weight excluding hydrogens is 160 g/mol. The highest BCUT2D eigenvalue weighted by Gasteiger charge is 2.15. The Morgan fingerprint density at radius 3 is 2.17 bits per heavy atom. The second-order valence-corrected chi connectivity index (χ2v) is 3.47. The molecule has 0 radical (unpaired) electrons. The van der Waals surface area contributed by atoms with Crippen molar-refractivity contribution in [3.05, 3.63) is 0 Å². The summed E-state index contributed by atoms with van der Waals surface area (Å²) in [5.41, 5.74) is -0.394. The van der Waals surface area contributed by atoms with Crippen LogP contribution in [0.2, 0.25) is 0 Å². The zero-order chi connectivity index (χ0) is 9.78. The van der Waals surface area contributed by atoms with Gasteiger partial charge < -0.3 is 4.74 Å². The maximum Gasteiger partial charge on any atom is 0.305 e. The van der Waals surface area contributed by atoms with Gasteiger partial charge in [-0.2, -0.15) is 4.89 Å². The predicted octanol–water partition coefficient (Wildman–Crippen LogP) is 1.64. The lowest BCUT2D eigenvalue weighted by atomic mass is 10.2. The first-order chi connectivity index (χ1) is 5.31. The highest BCUT2D eigenvalue weighted by atomic mass is 17.2. The molecule has 0 unspecified atom stereocenters. The minimum absolute atomic E-state index is 0.389. The molecule has 0 saturated carbocycles. The molecule has 0 amide bonds.